The Kier molecular flexibility index (Phi) is 8.30. The highest BCUT2D eigenvalue weighted by Gasteiger charge is 2.35. The van der Waals surface area contributed by atoms with E-state index < -0.39 is 0 Å². The second-order valence-electron chi connectivity index (χ2n) is 10.8. The molecule has 4 rings (SSSR count). The van der Waals surface area contributed by atoms with Gasteiger partial charge in [0.25, 0.3) is 0 Å². The number of piperidine rings is 2. The summed E-state index contributed by atoms with van der Waals surface area (Å²) >= 11 is 6.31. The smallest absolute Gasteiger partial charge is 0.143 e. The van der Waals surface area contributed by atoms with E-state index in [2.05, 4.69) is 41.5 Å². The van der Waals surface area contributed by atoms with Gasteiger partial charge in [-0.3, -0.25) is 4.79 Å². The van der Waals surface area contributed by atoms with Gasteiger partial charge in [0.2, 0.25) is 0 Å². The zero-order valence-electron chi connectivity index (χ0n) is 19.4. The lowest BCUT2D eigenvalue weighted by Crippen LogP contribution is -2.56. The van der Waals surface area contributed by atoms with Gasteiger partial charge in [-0.05, 0) is 69.4 Å². The van der Waals surface area contributed by atoms with Crippen LogP contribution in [0.15, 0.2) is 24.3 Å². The van der Waals surface area contributed by atoms with Gasteiger partial charge < -0.3 is 15.5 Å². The lowest BCUT2D eigenvalue weighted by atomic mass is 9.75. The SMILES string of the molecule is CC(C)[C@H](CN1CCC(C2CCC(Cl)CC2)CC1)NCC1CC(=O)C2C=CC=CC2N1. The molecule has 2 N–H and O–H groups in total. The number of ketones is 1. The number of allylic oxidation sites excluding steroid dienone is 2. The molecule has 0 aromatic heterocycles. The molecule has 0 spiro atoms. The Morgan fingerprint density at radius 2 is 1.74 bits per heavy atom. The van der Waals surface area contributed by atoms with E-state index in [0.717, 1.165) is 24.9 Å². The molecule has 0 bridgehead atoms. The minimum Gasteiger partial charge on any atom is -0.311 e. The second kappa shape index (κ2) is 11.0. The van der Waals surface area contributed by atoms with Crippen LogP contribution in [0.2, 0.25) is 0 Å². The molecule has 2 aliphatic heterocycles. The summed E-state index contributed by atoms with van der Waals surface area (Å²) in [6, 6.07) is 0.872. The lowest BCUT2D eigenvalue weighted by Gasteiger charge is -2.40. The molecule has 0 aromatic rings. The number of hydrogen-bond acceptors (Lipinski definition) is 4. The van der Waals surface area contributed by atoms with E-state index >= 15 is 0 Å². The highest BCUT2D eigenvalue weighted by molar-refractivity contribution is 6.20. The number of carbonyl (C=O) groups is 1. The Morgan fingerprint density at radius 3 is 2.45 bits per heavy atom. The molecular weight excluding hydrogens is 406 g/mol. The Labute approximate surface area is 194 Å². The van der Waals surface area contributed by atoms with E-state index in [1.54, 1.807) is 0 Å². The quantitative estimate of drug-likeness (QED) is 0.575. The topological polar surface area (TPSA) is 44.4 Å². The third kappa shape index (κ3) is 6.22. The van der Waals surface area contributed by atoms with Crippen molar-refractivity contribution >= 4 is 17.4 Å². The largest absolute Gasteiger partial charge is 0.311 e. The highest BCUT2D eigenvalue weighted by atomic mass is 35.5. The molecule has 0 aromatic carbocycles. The van der Waals surface area contributed by atoms with E-state index in [4.69, 9.17) is 11.6 Å². The van der Waals surface area contributed by atoms with Crippen molar-refractivity contribution in [1.82, 2.24) is 15.5 Å². The molecule has 4 aliphatic rings. The predicted octanol–water partition coefficient (Wildman–Crippen LogP) is 4.15. The van der Waals surface area contributed by atoms with E-state index in [1.807, 2.05) is 12.2 Å². The summed E-state index contributed by atoms with van der Waals surface area (Å²) in [5.74, 6) is 2.82. The number of nitrogens with zero attached hydrogens (tertiary/aromatic N) is 1. The summed E-state index contributed by atoms with van der Waals surface area (Å²) in [7, 11) is 0. The molecule has 0 radical (unpaired) electrons. The van der Waals surface area contributed by atoms with E-state index in [9.17, 15) is 4.79 Å². The molecule has 3 unspecified atom stereocenters. The summed E-state index contributed by atoms with van der Waals surface area (Å²) in [6.07, 6.45) is 16.7. The maximum absolute atomic E-state index is 12.5. The predicted molar refractivity (Wildman–Crippen MR) is 129 cm³/mol. The second-order valence-corrected chi connectivity index (χ2v) is 11.4. The lowest BCUT2D eigenvalue weighted by molar-refractivity contribution is -0.124. The number of alkyl halides is 1. The third-order valence-corrected chi connectivity index (χ3v) is 8.71. The van der Waals surface area contributed by atoms with Crippen molar-refractivity contribution in [2.24, 2.45) is 23.7 Å². The number of carbonyl (C=O) groups excluding carboxylic acids is 1. The van der Waals surface area contributed by atoms with Gasteiger partial charge in [-0.2, -0.15) is 0 Å². The van der Waals surface area contributed by atoms with E-state index in [0.29, 0.717) is 29.5 Å². The molecule has 2 heterocycles. The van der Waals surface area contributed by atoms with Crippen LogP contribution in [-0.2, 0) is 4.79 Å². The zero-order chi connectivity index (χ0) is 21.8. The number of hydrogen-bond donors (Lipinski definition) is 2. The first-order valence-corrected chi connectivity index (χ1v) is 13.2. The van der Waals surface area contributed by atoms with Crippen molar-refractivity contribution in [1.29, 1.82) is 0 Å². The molecule has 2 saturated heterocycles. The fraction of sp³-hybridized carbons (Fsp3) is 0.808. The van der Waals surface area contributed by atoms with Crippen LogP contribution in [0.1, 0.15) is 58.8 Å². The Morgan fingerprint density at radius 1 is 1.06 bits per heavy atom. The first-order valence-electron chi connectivity index (χ1n) is 12.7. The fourth-order valence-corrected chi connectivity index (χ4v) is 6.41. The van der Waals surface area contributed by atoms with Gasteiger partial charge in [0.15, 0.2) is 0 Å². The van der Waals surface area contributed by atoms with Crippen LogP contribution >= 0.6 is 11.6 Å². The van der Waals surface area contributed by atoms with Crippen molar-refractivity contribution < 1.29 is 4.79 Å². The minimum atomic E-state index is 0.0305. The third-order valence-electron chi connectivity index (χ3n) is 8.27. The summed E-state index contributed by atoms with van der Waals surface area (Å²) in [6.45, 7) is 9.09. The van der Waals surface area contributed by atoms with Gasteiger partial charge in [0.1, 0.15) is 5.78 Å². The van der Waals surface area contributed by atoms with Crippen LogP contribution < -0.4 is 10.6 Å². The monoisotopic (exact) mass is 447 g/mol. The Bertz CT molecular complexity index is 647. The standard InChI is InChI=1S/C26H42ClN3O/c1-18(2)25(28-16-22-15-26(31)23-5-3-4-6-24(23)29-22)17-30-13-11-20(12-14-30)19-7-9-21(27)10-8-19/h3-6,18-25,28-29H,7-17H2,1-2H3/t19?,21?,22?,23?,24?,25-/m0/s1. The summed E-state index contributed by atoms with van der Waals surface area (Å²) < 4.78 is 0. The van der Waals surface area contributed by atoms with Crippen molar-refractivity contribution in [3.8, 4) is 0 Å². The average Bonchev–Trinajstić information content (AvgIpc) is 2.77. The number of Topliss-reactive ketones (excluding diaryl/α,β-unsaturated/α-hetero) is 1. The normalized spacial score (nSPS) is 36.0. The van der Waals surface area contributed by atoms with Crippen LogP contribution in [0.4, 0.5) is 0 Å². The van der Waals surface area contributed by atoms with E-state index in [-0.39, 0.29) is 18.0 Å². The van der Waals surface area contributed by atoms with Crippen LogP contribution in [0.5, 0.6) is 0 Å². The molecule has 2 aliphatic carbocycles. The number of rotatable bonds is 7. The molecule has 0 amide bonds. The van der Waals surface area contributed by atoms with Gasteiger partial charge in [0.05, 0.1) is 5.92 Å². The zero-order valence-corrected chi connectivity index (χ0v) is 20.2. The summed E-state index contributed by atoms with van der Waals surface area (Å²) in [5, 5.41) is 7.93. The fourth-order valence-electron chi connectivity index (χ4n) is 6.15. The molecular formula is C26H42ClN3O. The van der Waals surface area contributed by atoms with Crippen LogP contribution in [0.25, 0.3) is 0 Å². The van der Waals surface area contributed by atoms with Gasteiger partial charge in [-0.15, -0.1) is 11.6 Å². The molecule has 3 fully saturated rings. The van der Waals surface area contributed by atoms with Crippen molar-refractivity contribution in [3.05, 3.63) is 24.3 Å². The number of halogens is 1. The van der Waals surface area contributed by atoms with Gasteiger partial charge >= 0.3 is 0 Å². The Hall–Kier alpha value is -0.680. The first-order chi connectivity index (χ1) is 15.0. The molecule has 31 heavy (non-hydrogen) atoms. The highest BCUT2D eigenvalue weighted by Crippen LogP contribution is 2.37. The van der Waals surface area contributed by atoms with Crippen molar-refractivity contribution in [2.45, 2.75) is 82.3 Å². The van der Waals surface area contributed by atoms with Crippen LogP contribution in [-0.4, -0.2) is 60.4 Å². The number of nitrogens with one attached hydrogen (secondary N) is 2. The van der Waals surface area contributed by atoms with Crippen LogP contribution in [0, 0.1) is 23.7 Å². The van der Waals surface area contributed by atoms with Crippen molar-refractivity contribution in [3.63, 3.8) is 0 Å². The van der Waals surface area contributed by atoms with Gasteiger partial charge in [-0.1, -0.05) is 38.2 Å². The molecule has 174 valence electrons. The minimum absolute atomic E-state index is 0.0305. The van der Waals surface area contributed by atoms with Gasteiger partial charge in [-0.25, -0.2) is 0 Å². The number of fused-ring (bicyclic) bond motifs is 1. The molecule has 5 heteroatoms. The molecule has 4 nitrogen and oxygen atoms in total. The average molecular weight is 448 g/mol. The molecule has 4 atom stereocenters. The summed E-state index contributed by atoms with van der Waals surface area (Å²) in [5.41, 5.74) is 0. The first kappa shape index (κ1) is 23.5. The van der Waals surface area contributed by atoms with E-state index in [1.165, 1.54) is 51.6 Å². The van der Waals surface area contributed by atoms with Crippen molar-refractivity contribution in [2.75, 3.05) is 26.2 Å². The van der Waals surface area contributed by atoms with Crippen LogP contribution in [0.3, 0.4) is 0 Å². The molecule has 1 saturated carbocycles. The Balaban J connectivity index is 1.21. The maximum atomic E-state index is 12.5. The maximum Gasteiger partial charge on any atom is 0.143 e. The number of likely N-dealkylation sites (tertiary alicyclic amines) is 1. The summed E-state index contributed by atoms with van der Waals surface area (Å²) in [4.78, 5) is 15.2. The van der Waals surface area contributed by atoms with Gasteiger partial charge in [0, 0.05) is 43.0 Å².